The summed E-state index contributed by atoms with van der Waals surface area (Å²) in [6, 6.07) is 5.68. The van der Waals surface area contributed by atoms with Crippen LogP contribution in [0, 0.1) is 24.0 Å². The van der Waals surface area contributed by atoms with Crippen LogP contribution in [0.3, 0.4) is 0 Å². The zero-order valence-electron chi connectivity index (χ0n) is 26.2. The van der Waals surface area contributed by atoms with Crippen LogP contribution in [0.15, 0.2) is 24.3 Å². The maximum atomic E-state index is 16.3. The Bertz CT molecular complexity index is 1900. The minimum atomic E-state index is -1.06. The molecule has 1 N–H and O–H groups in total. The van der Waals surface area contributed by atoms with Gasteiger partial charge in [0.2, 0.25) is 5.88 Å². The zero-order chi connectivity index (χ0) is 33.0. The van der Waals surface area contributed by atoms with Gasteiger partial charge in [-0.05, 0) is 56.2 Å². The van der Waals surface area contributed by atoms with E-state index in [1.165, 1.54) is 31.4 Å². The Kier molecular flexibility index (Phi) is 7.99. The third-order valence-electron chi connectivity index (χ3n) is 9.58. The number of halogens is 4. The zero-order valence-corrected chi connectivity index (χ0v) is 26.2. The third kappa shape index (κ3) is 5.64. The second-order valence-electron chi connectivity index (χ2n) is 13.0. The number of pyridine rings is 1. The summed E-state index contributed by atoms with van der Waals surface area (Å²) in [5.41, 5.74) is -1.18. The van der Waals surface area contributed by atoms with Crippen LogP contribution < -0.4 is 14.4 Å². The van der Waals surface area contributed by atoms with E-state index in [2.05, 4.69) is 25.8 Å². The predicted octanol–water partition coefficient (Wildman–Crippen LogP) is 6.49. The van der Waals surface area contributed by atoms with E-state index in [4.69, 9.17) is 15.9 Å². The first-order valence-corrected chi connectivity index (χ1v) is 15.9. The lowest BCUT2D eigenvalue weighted by Gasteiger charge is -2.28. The summed E-state index contributed by atoms with van der Waals surface area (Å²) in [5.74, 6) is 1.49. The van der Waals surface area contributed by atoms with Gasteiger partial charge >= 0.3 is 6.01 Å². The maximum Gasteiger partial charge on any atom is 0.318 e. The van der Waals surface area contributed by atoms with Crippen molar-refractivity contribution in [3.05, 3.63) is 41.5 Å². The number of phenolic OH excluding ortho intramolecular Hbond substituents is 1. The van der Waals surface area contributed by atoms with Crippen LogP contribution in [0.2, 0.25) is 0 Å². The number of phenols is 1. The molecule has 0 amide bonds. The molecule has 2 aromatic carbocycles. The number of fused-ring (bicyclic) bond motifs is 4. The molecule has 246 valence electrons. The molecule has 4 aromatic rings. The molecule has 6 heterocycles. The second-order valence-corrected chi connectivity index (χ2v) is 13.0. The Morgan fingerprint density at radius 1 is 1.11 bits per heavy atom. The molecule has 4 aliphatic rings. The number of methoxy groups -OCH3 is 1. The predicted molar refractivity (Wildman–Crippen MR) is 170 cm³/mol. The summed E-state index contributed by atoms with van der Waals surface area (Å²) in [6.07, 6.45) is 9.99. The average molecular weight is 650 g/mol. The van der Waals surface area contributed by atoms with E-state index in [1.54, 1.807) is 6.92 Å². The van der Waals surface area contributed by atoms with Crippen molar-refractivity contribution in [2.24, 2.45) is 0 Å². The molecule has 0 spiro atoms. The number of nitrogens with zero attached hydrogens (tertiary/aromatic N) is 5. The molecule has 4 unspecified atom stereocenters. The second kappa shape index (κ2) is 12.0. The van der Waals surface area contributed by atoms with Crippen LogP contribution in [0.5, 0.6) is 17.6 Å². The molecule has 4 aliphatic heterocycles. The molecule has 8 rings (SSSR count). The maximum absolute atomic E-state index is 16.3. The van der Waals surface area contributed by atoms with Crippen LogP contribution in [-0.4, -0.2) is 82.2 Å². The normalized spacial score (nSPS) is 25.2. The number of rotatable bonds is 2. The lowest BCUT2D eigenvalue weighted by molar-refractivity contribution is 0.179. The number of hydrogen-bond donors (Lipinski definition) is 1. The van der Waals surface area contributed by atoms with Crippen molar-refractivity contribution in [2.75, 3.05) is 38.3 Å². The topological polar surface area (TPSA) is 83.8 Å². The van der Waals surface area contributed by atoms with Crippen LogP contribution in [0.1, 0.15) is 51.0 Å². The Morgan fingerprint density at radius 2 is 1.94 bits per heavy atom. The van der Waals surface area contributed by atoms with E-state index >= 15 is 4.39 Å². The largest absolute Gasteiger partial charge is 0.508 e. The fourth-order valence-corrected chi connectivity index (χ4v) is 7.55. The minimum Gasteiger partial charge on any atom is -0.508 e. The first kappa shape index (κ1) is 31.2. The fourth-order valence-electron chi connectivity index (χ4n) is 7.55. The highest BCUT2D eigenvalue weighted by Crippen LogP contribution is 2.44. The molecule has 47 heavy (non-hydrogen) atoms. The van der Waals surface area contributed by atoms with E-state index in [1.807, 2.05) is 4.90 Å². The highest BCUT2D eigenvalue weighted by Gasteiger charge is 2.46. The summed E-state index contributed by atoms with van der Waals surface area (Å²) < 4.78 is 68.5. The van der Waals surface area contributed by atoms with E-state index < -0.39 is 23.5 Å². The van der Waals surface area contributed by atoms with Crippen LogP contribution in [0.25, 0.3) is 32.9 Å². The number of aromatic nitrogens is 3. The smallest absolute Gasteiger partial charge is 0.318 e. The lowest BCUT2D eigenvalue weighted by atomic mass is 9.95. The minimum absolute atomic E-state index is 0.0144. The SMILES string of the molecule is C#Cc1c(F)ccc2cc(O)cc(-c3nc4c5c(nc(OC)nc5c3F)N3CCCCCC3CO4)c12.CC1(F)CC2CC(F)CN2C1. The molecule has 2 aromatic heterocycles. The standard InChI is InChI=1S/C27H22F2N4O3.C8H13F2N/c1-3-17-19(28)9-8-14-11-16(34)12-18(20(14)17)23-22(29)24-21-25(32-27(31-24)35-2)33-10-6-4-5-7-15(33)13-36-26(21)30-23;1-8(10)3-7-2-6(9)4-11(7)5-8/h1,8-9,11-12,15,34H,4-7,10,13H2,2H3;6-7H,2-5H2,1H3. The van der Waals surface area contributed by atoms with Gasteiger partial charge in [0.1, 0.15) is 52.4 Å². The van der Waals surface area contributed by atoms with Gasteiger partial charge < -0.3 is 19.5 Å². The van der Waals surface area contributed by atoms with Crippen molar-refractivity contribution < 1.29 is 32.1 Å². The van der Waals surface area contributed by atoms with E-state index in [-0.39, 0.29) is 57.4 Å². The van der Waals surface area contributed by atoms with Gasteiger partial charge in [0.05, 0.1) is 18.7 Å². The summed E-state index contributed by atoms with van der Waals surface area (Å²) in [4.78, 5) is 17.5. The van der Waals surface area contributed by atoms with Crippen molar-refractivity contribution in [2.45, 2.75) is 69.4 Å². The number of anilines is 1. The van der Waals surface area contributed by atoms with Crippen molar-refractivity contribution in [1.82, 2.24) is 19.9 Å². The number of benzene rings is 2. The molecule has 0 bridgehead atoms. The molecule has 12 heteroatoms. The van der Waals surface area contributed by atoms with Crippen LogP contribution in [0.4, 0.5) is 23.4 Å². The molecule has 0 aliphatic carbocycles. The monoisotopic (exact) mass is 649 g/mol. The number of aromatic hydroxyl groups is 1. The van der Waals surface area contributed by atoms with Crippen molar-refractivity contribution in [1.29, 1.82) is 0 Å². The van der Waals surface area contributed by atoms with Crippen molar-refractivity contribution in [3.63, 3.8) is 0 Å². The Balaban J connectivity index is 0.000000269. The van der Waals surface area contributed by atoms with Gasteiger partial charge in [0, 0.05) is 36.6 Å². The van der Waals surface area contributed by atoms with E-state index in [9.17, 15) is 18.3 Å². The number of hydrogen-bond acceptors (Lipinski definition) is 8. The highest BCUT2D eigenvalue weighted by atomic mass is 19.1. The number of alkyl halides is 2. The van der Waals surface area contributed by atoms with Crippen molar-refractivity contribution >= 4 is 27.5 Å². The Hall–Kier alpha value is -4.37. The quantitative estimate of drug-likeness (QED) is 0.195. The van der Waals surface area contributed by atoms with Crippen LogP contribution >= 0.6 is 0 Å². The van der Waals surface area contributed by atoms with E-state index in [0.717, 1.165) is 32.2 Å². The van der Waals surface area contributed by atoms with Gasteiger partial charge in [-0.1, -0.05) is 24.8 Å². The highest BCUT2D eigenvalue weighted by molar-refractivity contribution is 6.04. The van der Waals surface area contributed by atoms with Crippen molar-refractivity contribution in [3.8, 4) is 41.2 Å². The van der Waals surface area contributed by atoms with Crippen LogP contribution in [-0.2, 0) is 0 Å². The first-order chi connectivity index (χ1) is 22.6. The van der Waals surface area contributed by atoms with Gasteiger partial charge in [0.25, 0.3) is 0 Å². The summed E-state index contributed by atoms with van der Waals surface area (Å²) in [5, 5.41) is 11.5. The molecule has 3 saturated heterocycles. The number of ether oxygens (including phenoxy) is 2. The molecular weight excluding hydrogens is 614 g/mol. The molecular formula is C35H35F4N5O3. The molecule has 0 radical (unpaired) electrons. The van der Waals surface area contributed by atoms with Gasteiger partial charge in [-0.3, -0.25) is 4.90 Å². The molecule has 0 saturated carbocycles. The molecule has 4 atom stereocenters. The Morgan fingerprint density at radius 3 is 2.70 bits per heavy atom. The summed E-state index contributed by atoms with van der Waals surface area (Å²) in [6.45, 7) is 3.58. The van der Waals surface area contributed by atoms with E-state index in [0.29, 0.717) is 49.1 Å². The van der Waals surface area contributed by atoms with Gasteiger partial charge in [-0.2, -0.15) is 9.97 Å². The molecule has 3 fully saturated rings. The van der Waals surface area contributed by atoms with Gasteiger partial charge in [0.15, 0.2) is 5.82 Å². The summed E-state index contributed by atoms with van der Waals surface area (Å²) in [7, 11) is 1.42. The Labute approximate surface area is 269 Å². The average Bonchev–Trinajstić information content (AvgIpc) is 3.32. The molecule has 8 nitrogen and oxygen atoms in total. The first-order valence-electron chi connectivity index (χ1n) is 15.9. The lowest BCUT2D eigenvalue weighted by Crippen LogP contribution is -2.38. The summed E-state index contributed by atoms with van der Waals surface area (Å²) >= 11 is 0. The fraction of sp³-hybridized carbons (Fsp3) is 0.457. The number of terminal acetylenes is 1. The third-order valence-corrected chi connectivity index (χ3v) is 9.58. The van der Waals surface area contributed by atoms with Gasteiger partial charge in [-0.15, -0.1) is 6.42 Å². The van der Waals surface area contributed by atoms with Gasteiger partial charge in [-0.25, -0.2) is 22.5 Å².